The van der Waals surface area contributed by atoms with Crippen molar-refractivity contribution in [2.24, 2.45) is 5.92 Å². The molecule has 1 heterocycles. The summed E-state index contributed by atoms with van der Waals surface area (Å²) in [5.74, 6) is -1.80. The molecule has 4 nitrogen and oxygen atoms in total. The number of cyclic esters (lactones) is 1. The Bertz CT molecular complexity index is 223. The normalized spacial score (nSPS) is 23.5. The van der Waals surface area contributed by atoms with Crippen LogP contribution in [0.3, 0.4) is 0 Å². The second-order valence-corrected chi connectivity index (χ2v) is 2.69. The number of carboxylic acid groups (broad SMARTS) is 1. The van der Waals surface area contributed by atoms with Crippen LogP contribution >= 0.6 is 12.2 Å². The van der Waals surface area contributed by atoms with E-state index in [1.807, 2.05) is 0 Å². The van der Waals surface area contributed by atoms with E-state index in [1.54, 1.807) is 0 Å². The fourth-order valence-corrected chi connectivity index (χ4v) is 1.15. The maximum Gasteiger partial charge on any atom is 0.312 e. The summed E-state index contributed by atoms with van der Waals surface area (Å²) < 4.78 is 4.50. The first-order chi connectivity index (χ1) is 5.09. The number of hydrogen-bond acceptors (Lipinski definition) is 4. The molecule has 0 aromatic heterocycles. The first kappa shape index (κ1) is 8.13. The van der Waals surface area contributed by atoms with Gasteiger partial charge >= 0.3 is 11.9 Å². The molecule has 0 radical (unpaired) electrons. The minimum atomic E-state index is -0.962. The smallest absolute Gasteiger partial charge is 0.312 e. The lowest BCUT2D eigenvalue weighted by Gasteiger charge is -1.99. The number of carbonyl (C=O) groups is 2. The average molecular weight is 174 g/mol. The van der Waals surface area contributed by atoms with E-state index in [9.17, 15) is 9.59 Å². The summed E-state index contributed by atoms with van der Waals surface area (Å²) in [5.41, 5.74) is 0. The lowest BCUT2D eigenvalue weighted by molar-refractivity contribution is -0.137. The third-order valence-electron chi connectivity index (χ3n) is 1.38. The molecular formula is C6H6O4S. The van der Waals surface area contributed by atoms with Gasteiger partial charge in [-0.2, -0.15) is 0 Å². The average Bonchev–Trinajstić information content (AvgIpc) is 2.09. The van der Waals surface area contributed by atoms with Crippen molar-refractivity contribution in [3.05, 3.63) is 0 Å². The van der Waals surface area contributed by atoms with Crippen LogP contribution in [0.5, 0.6) is 0 Å². The van der Waals surface area contributed by atoms with Gasteiger partial charge in [0.1, 0.15) is 0 Å². The van der Waals surface area contributed by atoms with Crippen molar-refractivity contribution in [1.82, 2.24) is 0 Å². The van der Waals surface area contributed by atoms with Gasteiger partial charge in [0.15, 0.2) is 5.05 Å². The second kappa shape index (κ2) is 2.96. The SMILES string of the molecule is O=C(O)CC1CC(=O)OC1=S. The van der Waals surface area contributed by atoms with Gasteiger partial charge in [0, 0.05) is 5.92 Å². The zero-order valence-electron chi connectivity index (χ0n) is 5.57. The molecule has 11 heavy (non-hydrogen) atoms. The van der Waals surface area contributed by atoms with E-state index < -0.39 is 17.9 Å². The van der Waals surface area contributed by atoms with Crippen molar-refractivity contribution in [2.75, 3.05) is 0 Å². The number of aliphatic carboxylic acids is 1. The van der Waals surface area contributed by atoms with E-state index in [2.05, 4.69) is 17.0 Å². The molecule has 0 saturated carbocycles. The van der Waals surface area contributed by atoms with Crippen LogP contribution < -0.4 is 0 Å². The van der Waals surface area contributed by atoms with Crippen LogP contribution in [0.15, 0.2) is 0 Å². The zero-order valence-corrected chi connectivity index (χ0v) is 6.39. The molecule has 0 aliphatic carbocycles. The van der Waals surface area contributed by atoms with E-state index in [1.165, 1.54) is 0 Å². The lowest BCUT2D eigenvalue weighted by atomic mass is 10.1. The largest absolute Gasteiger partial charge is 0.481 e. The van der Waals surface area contributed by atoms with Crippen LogP contribution in [0, 0.1) is 5.92 Å². The highest BCUT2D eigenvalue weighted by Crippen LogP contribution is 2.20. The number of esters is 1. The lowest BCUT2D eigenvalue weighted by Crippen LogP contribution is -2.10. The minimum Gasteiger partial charge on any atom is -0.481 e. The van der Waals surface area contributed by atoms with Crippen molar-refractivity contribution >= 4 is 29.2 Å². The molecule has 1 aliphatic rings. The molecule has 0 bridgehead atoms. The van der Waals surface area contributed by atoms with Crippen LogP contribution in [0.4, 0.5) is 0 Å². The quantitative estimate of drug-likeness (QED) is 0.483. The Balaban J connectivity index is 2.53. The summed E-state index contributed by atoms with van der Waals surface area (Å²) in [6, 6.07) is 0. The van der Waals surface area contributed by atoms with E-state index in [4.69, 9.17) is 5.11 Å². The molecule has 1 atom stereocenters. The van der Waals surface area contributed by atoms with Gasteiger partial charge in [-0.3, -0.25) is 9.59 Å². The van der Waals surface area contributed by atoms with Gasteiger partial charge in [-0.25, -0.2) is 0 Å². The van der Waals surface area contributed by atoms with Crippen molar-refractivity contribution < 1.29 is 19.4 Å². The summed E-state index contributed by atoms with van der Waals surface area (Å²) >= 11 is 4.63. The zero-order chi connectivity index (χ0) is 8.43. The van der Waals surface area contributed by atoms with Gasteiger partial charge < -0.3 is 9.84 Å². The third-order valence-corrected chi connectivity index (χ3v) is 1.80. The Hall–Kier alpha value is -0.970. The molecule has 0 spiro atoms. The fourth-order valence-electron chi connectivity index (χ4n) is 0.888. The van der Waals surface area contributed by atoms with Gasteiger partial charge in [-0.1, -0.05) is 0 Å². The molecule has 5 heteroatoms. The molecule has 1 unspecified atom stereocenters. The van der Waals surface area contributed by atoms with Crippen LogP contribution in [-0.4, -0.2) is 22.1 Å². The molecule has 1 aliphatic heterocycles. The van der Waals surface area contributed by atoms with Gasteiger partial charge in [-0.05, 0) is 12.2 Å². The second-order valence-electron chi connectivity index (χ2n) is 2.29. The number of thiocarbonyl (C=S) groups is 1. The number of hydrogen-bond donors (Lipinski definition) is 1. The topological polar surface area (TPSA) is 63.6 Å². The third kappa shape index (κ3) is 1.98. The summed E-state index contributed by atoms with van der Waals surface area (Å²) in [7, 11) is 0. The van der Waals surface area contributed by atoms with Crippen LogP contribution in [0.25, 0.3) is 0 Å². The Labute approximate surface area is 68.1 Å². The Morgan fingerprint density at radius 3 is 2.82 bits per heavy atom. The van der Waals surface area contributed by atoms with Crippen molar-refractivity contribution in [3.8, 4) is 0 Å². The fraction of sp³-hybridized carbons (Fsp3) is 0.500. The molecule has 60 valence electrons. The predicted molar refractivity (Wildman–Crippen MR) is 39.0 cm³/mol. The van der Waals surface area contributed by atoms with Crippen LogP contribution in [0.2, 0.25) is 0 Å². The first-order valence-electron chi connectivity index (χ1n) is 3.06. The van der Waals surface area contributed by atoms with E-state index >= 15 is 0 Å². The van der Waals surface area contributed by atoms with Crippen molar-refractivity contribution in [3.63, 3.8) is 0 Å². The summed E-state index contributed by atoms with van der Waals surface area (Å²) in [4.78, 5) is 20.7. The highest BCUT2D eigenvalue weighted by atomic mass is 32.1. The van der Waals surface area contributed by atoms with Gasteiger partial charge in [0.25, 0.3) is 0 Å². The number of rotatable bonds is 2. The maximum atomic E-state index is 10.5. The number of carbonyl (C=O) groups excluding carboxylic acids is 1. The number of ether oxygens (including phenoxy) is 1. The maximum absolute atomic E-state index is 10.5. The van der Waals surface area contributed by atoms with Crippen molar-refractivity contribution in [1.29, 1.82) is 0 Å². The molecule has 1 fully saturated rings. The molecule has 0 aromatic carbocycles. The molecule has 1 rings (SSSR count). The molecule has 1 N–H and O–H groups in total. The Morgan fingerprint density at radius 1 is 1.82 bits per heavy atom. The van der Waals surface area contributed by atoms with Gasteiger partial charge in [0.05, 0.1) is 12.8 Å². The first-order valence-corrected chi connectivity index (χ1v) is 3.46. The van der Waals surface area contributed by atoms with E-state index in [0.29, 0.717) is 0 Å². The van der Waals surface area contributed by atoms with Gasteiger partial charge in [0.2, 0.25) is 0 Å². The minimum absolute atomic E-state index is 0.102. The molecule has 0 aromatic rings. The summed E-state index contributed by atoms with van der Waals surface area (Å²) in [5, 5.41) is 8.46. The molecular weight excluding hydrogens is 168 g/mol. The highest BCUT2D eigenvalue weighted by molar-refractivity contribution is 7.80. The predicted octanol–water partition coefficient (Wildman–Crippen LogP) is 0.352. The Morgan fingerprint density at radius 2 is 2.45 bits per heavy atom. The standard InChI is InChI=1S/C6H6O4S/c7-4(8)1-3-2-5(9)10-6(3)11/h3H,1-2H2,(H,7,8). The summed E-state index contributed by atoms with van der Waals surface area (Å²) in [6.07, 6.45) is -0.0181. The van der Waals surface area contributed by atoms with Crippen LogP contribution in [0.1, 0.15) is 12.8 Å². The monoisotopic (exact) mass is 174 g/mol. The Kier molecular flexibility index (Phi) is 2.19. The molecule has 1 saturated heterocycles. The van der Waals surface area contributed by atoms with Crippen LogP contribution in [-0.2, 0) is 14.3 Å². The highest BCUT2D eigenvalue weighted by Gasteiger charge is 2.31. The van der Waals surface area contributed by atoms with Gasteiger partial charge in [-0.15, -0.1) is 0 Å². The van der Waals surface area contributed by atoms with E-state index in [-0.39, 0.29) is 17.9 Å². The number of carboxylic acids is 1. The molecule has 0 amide bonds. The summed E-state index contributed by atoms with van der Waals surface area (Å²) in [6.45, 7) is 0. The van der Waals surface area contributed by atoms with E-state index in [0.717, 1.165) is 0 Å². The van der Waals surface area contributed by atoms with Crippen molar-refractivity contribution in [2.45, 2.75) is 12.8 Å².